The molecule has 0 spiro atoms. The Balaban J connectivity index is 1.88. The van der Waals surface area contributed by atoms with Gasteiger partial charge in [-0.2, -0.15) is 0 Å². The highest BCUT2D eigenvalue weighted by Gasteiger charge is 2.29. The summed E-state index contributed by atoms with van der Waals surface area (Å²) < 4.78 is 0. The lowest BCUT2D eigenvalue weighted by molar-refractivity contribution is 0.0939. The van der Waals surface area contributed by atoms with E-state index in [-0.39, 0.29) is 16.1 Å². The van der Waals surface area contributed by atoms with Gasteiger partial charge in [-0.3, -0.25) is 9.69 Å². The zero-order valence-electron chi connectivity index (χ0n) is 11.0. The lowest BCUT2D eigenvalue weighted by atomic mass is 10.2. The smallest absolute Gasteiger partial charge is 0.252 e. The van der Waals surface area contributed by atoms with E-state index in [0.29, 0.717) is 24.2 Å². The van der Waals surface area contributed by atoms with Crippen molar-refractivity contribution in [3.05, 3.63) is 28.0 Å². The number of pyridine rings is 1. The largest absolute Gasteiger partial charge is 0.350 e. The molecule has 1 aromatic heterocycles. The van der Waals surface area contributed by atoms with Crippen molar-refractivity contribution in [2.45, 2.75) is 31.8 Å². The van der Waals surface area contributed by atoms with E-state index in [9.17, 15) is 4.79 Å². The second-order valence-electron chi connectivity index (χ2n) is 4.95. The van der Waals surface area contributed by atoms with Gasteiger partial charge in [0.1, 0.15) is 5.15 Å². The fraction of sp³-hybridized carbons (Fsp3) is 0.538. The molecule has 1 aliphatic carbocycles. The van der Waals surface area contributed by atoms with Crippen molar-refractivity contribution in [3.8, 4) is 0 Å². The van der Waals surface area contributed by atoms with Crippen molar-refractivity contribution in [2.75, 3.05) is 13.6 Å². The van der Waals surface area contributed by atoms with Crippen LogP contribution in [0.2, 0.25) is 10.2 Å². The number of hydrogen-bond donors (Lipinski definition) is 1. The van der Waals surface area contributed by atoms with Crippen LogP contribution in [0.15, 0.2) is 12.3 Å². The predicted octanol–water partition coefficient (Wildman–Crippen LogP) is 2.60. The highest BCUT2D eigenvalue weighted by atomic mass is 35.5. The normalized spacial score (nSPS) is 16.5. The first kappa shape index (κ1) is 14.6. The first-order chi connectivity index (χ1) is 8.99. The van der Waals surface area contributed by atoms with Crippen LogP contribution in [0.4, 0.5) is 0 Å². The second kappa shape index (κ2) is 6.07. The standard InChI is InChI=1S/C13H17Cl2N3O/c1-8(18(2)10-3-4-10)6-17-13(19)9-5-11(14)12(15)16-7-9/h5,7-8,10H,3-4,6H2,1-2H3,(H,17,19). The van der Waals surface area contributed by atoms with Crippen molar-refractivity contribution in [3.63, 3.8) is 0 Å². The topological polar surface area (TPSA) is 45.2 Å². The van der Waals surface area contributed by atoms with E-state index in [1.807, 2.05) is 0 Å². The molecule has 6 heteroatoms. The predicted molar refractivity (Wildman–Crippen MR) is 76.8 cm³/mol. The first-order valence-corrected chi connectivity index (χ1v) is 7.06. The van der Waals surface area contributed by atoms with Crippen LogP contribution in [0.25, 0.3) is 0 Å². The molecule has 4 nitrogen and oxygen atoms in total. The minimum absolute atomic E-state index is 0.179. The molecule has 2 rings (SSSR count). The quantitative estimate of drug-likeness (QED) is 0.850. The molecule has 1 N–H and O–H groups in total. The molecule has 104 valence electrons. The van der Waals surface area contributed by atoms with Gasteiger partial charge in [0.05, 0.1) is 10.6 Å². The molecule has 1 heterocycles. The lowest BCUT2D eigenvalue weighted by Crippen LogP contribution is -2.41. The maximum atomic E-state index is 11.9. The average molecular weight is 302 g/mol. The summed E-state index contributed by atoms with van der Waals surface area (Å²) >= 11 is 11.6. The molecular weight excluding hydrogens is 285 g/mol. The van der Waals surface area contributed by atoms with E-state index in [1.54, 1.807) is 0 Å². The summed E-state index contributed by atoms with van der Waals surface area (Å²) in [4.78, 5) is 18.1. The van der Waals surface area contributed by atoms with Crippen molar-refractivity contribution >= 4 is 29.1 Å². The van der Waals surface area contributed by atoms with E-state index in [2.05, 4.69) is 29.2 Å². The van der Waals surface area contributed by atoms with Crippen molar-refractivity contribution in [1.29, 1.82) is 0 Å². The monoisotopic (exact) mass is 301 g/mol. The highest BCUT2D eigenvalue weighted by molar-refractivity contribution is 6.41. The van der Waals surface area contributed by atoms with Gasteiger partial charge in [0, 0.05) is 24.8 Å². The first-order valence-electron chi connectivity index (χ1n) is 6.30. The number of amides is 1. The minimum atomic E-state index is -0.179. The number of nitrogens with one attached hydrogen (secondary N) is 1. The zero-order valence-corrected chi connectivity index (χ0v) is 12.5. The van der Waals surface area contributed by atoms with E-state index in [1.165, 1.54) is 25.1 Å². The van der Waals surface area contributed by atoms with Gasteiger partial charge in [0.25, 0.3) is 5.91 Å². The van der Waals surface area contributed by atoms with E-state index >= 15 is 0 Å². The Bertz CT molecular complexity index is 477. The molecule has 0 aromatic carbocycles. The Morgan fingerprint density at radius 3 is 2.84 bits per heavy atom. The van der Waals surface area contributed by atoms with E-state index < -0.39 is 0 Å². The molecule has 1 aliphatic rings. The number of carbonyl (C=O) groups is 1. The molecule has 0 aliphatic heterocycles. The molecular formula is C13H17Cl2N3O. The van der Waals surface area contributed by atoms with E-state index in [0.717, 1.165) is 0 Å². The summed E-state index contributed by atoms with van der Waals surface area (Å²) in [6.45, 7) is 2.71. The van der Waals surface area contributed by atoms with Crippen LogP contribution in [0, 0.1) is 0 Å². The van der Waals surface area contributed by atoms with Crippen LogP contribution in [0.3, 0.4) is 0 Å². The molecule has 1 saturated carbocycles. The number of aromatic nitrogens is 1. The molecule has 0 radical (unpaired) electrons. The average Bonchev–Trinajstić information content (AvgIpc) is 3.22. The summed E-state index contributed by atoms with van der Waals surface area (Å²) in [6, 6.07) is 2.52. The molecule has 1 unspecified atom stereocenters. The van der Waals surface area contributed by atoms with Crippen LogP contribution in [0.1, 0.15) is 30.1 Å². The summed E-state index contributed by atoms with van der Waals surface area (Å²) in [5.41, 5.74) is 0.427. The minimum Gasteiger partial charge on any atom is -0.350 e. The zero-order chi connectivity index (χ0) is 14.0. The van der Waals surface area contributed by atoms with Gasteiger partial charge in [-0.1, -0.05) is 23.2 Å². The molecule has 19 heavy (non-hydrogen) atoms. The van der Waals surface area contributed by atoms with Gasteiger partial charge in [-0.05, 0) is 32.9 Å². The maximum Gasteiger partial charge on any atom is 0.252 e. The third-order valence-corrected chi connectivity index (χ3v) is 4.12. The van der Waals surface area contributed by atoms with Crippen molar-refractivity contribution < 1.29 is 4.79 Å². The Kier molecular flexibility index (Phi) is 4.66. The number of halogens is 2. The van der Waals surface area contributed by atoms with Crippen LogP contribution >= 0.6 is 23.2 Å². The number of rotatable bonds is 5. The van der Waals surface area contributed by atoms with Crippen molar-refractivity contribution in [1.82, 2.24) is 15.2 Å². The van der Waals surface area contributed by atoms with Gasteiger partial charge in [-0.25, -0.2) is 4.98 Å². The van der Waals surface area contributed by atoms with Crippen LogP contribution in [-0.4, -0.2) is 41.5 Å². The number of nitrogens with zero attached hydrogens (tertiary/aromatic N) is 2. The van der Waals surface area contributed by atoms with Crippen molar-refractivity contribution in [2.24, 2.45) is 0 Å². The molecule has 1 fully saturated rings. The Morgan fingerprint density at radius 2 is 2.26 bits per heavy atom. The number of carbonyl (C=O) groups excluding carboxylic acids is 1. The molecule has 1 atom stereocenters. The number of likely N-dealkylation sites (N-methyl/N-ethyl adjacent to an activating group) is 1. The maximum absolute atomic E-state index is 11.9. The lowest BCUT2D eigenvalue weighted by Gasteiger charge is -2.24. The summed E-state index contributed by atoms with van der Waals surface area (Å²) in [7, 11) is 2.09. The van der Waals surface area contributed by atoms with E-state index in [4.69, 9.17) is 23.2 Å². The number of hydrogen-bond acceptors (Lipinski definition) is 3. The van der Waals surface area contributed by atoms with Gasteiger partial charge >= 0.3 is 0 Å². The van der Waals surface area contributed by atoms with Crippen LogP contribution in [-0.2, 0) is 0 Å². The molecule has 0 saturated heterocycles. The highest BCUT2D eigenvalue weighted by Crippen LogP contribution is 2.26. The Labute approximate surface area is 123 Å². The van der Waals surface area contributed by atoms with Crippen LogP contribution < -0.4 is 5.32 Å². The fourth-order valence-electron chi connectivity index (χ4n) is 1.87. The summed E-state index contributed by atoms with van der Waals surface area (Å²) in [5.74, 6) is -0.179. The third-order valence-electron chi connectivity index (χ3n) is 3.43. The third kappa shape index (κ3) is 3.81. The summed E-state index contributed by atoms with van der Waals surface area (Å²) in [5, 5.41) is 3.38. The fourth-order valence-corrected chi connectivity index (χ4v) is 2.14. The molecule has 1 aromatic rings. The Morgan fingerprint density at radius 1 is 1.58 bits per heavy atom. The summed E-state index contributed by atoms with van der Waals surface area (Å²) in [6.07, 6.45) is 3.94. The Hall–Kier alpha value is -0.840. The SMILES string of the molecule is CC(CNC(=O)c1cnc(Cl)c(Cl)c1)N(C)C1CC1. The molecule has 0 bridgehead atoms. The van der Waals surface area contributed by atoms with Gasteiger partial charge < -0.3 is 5.32 Å². The van der Waals surface area contributed by atoms with Crippen LogP contribution in [0.5, 0.6) is 0 Å². The van der Waals surface area contributed by atoms with Gasteiger partial charge in [0.15, 0.2) is 0 Å². The van der Waals surface area contributed by atoms with Gasteiger partial charge in [0.2, 0.25) is 0 Å². The molecule has 1 amide bonds. The van der Waals surface area contributed by atoms with Gasteiger partial charge in [-0.15, -0.1) is 0 Å². The second-order valence-corrected chi connectivity index (χ2v) is 5.72.